The van der Waals surface area contributed by atoms with Crippen molar-refractivity contribution < 1.29 is 42.1 Å². The summed E-state index contributed by atoms with van der Waals surface area (Å²) < 4.78 is 52.5. The predicted molar refractivity (Wildman–Crippen MR) is 179 cm³/mol. The van der Waals surface area contributed by atoms with Gasteiger partial charge in [-0.3, -0.25) is 0 Å². The Bertz CT molecular complexity index is 1490. The molecule has 4 rings (SSSR count). The molecule has 13 nitrogen and oxygen atoms in total. The molecule has 266 valence electrons. The van der Waals surface area contributed by atoms with Gasteiger partial charge in [0.05, 0.1) is 37.2 Å². The number of nitrogens with zero attached hydrogens (tertiary/aromatic N) is 2. The van der Waals surface area contributed by atoms with Crippen LogP contribution >= 0.6 is 0 Å². The largest absolute Gasteiger partial charge is 0.496 e. The maximum absolute atomic E-state index is 14.5. The molecule has 3 amide bonds. The molecule has 0 aliphatic carbocycles. The monoisotopic (exact) mass is 690 g/mol. The highest BCUT2D eigenvalue weighted by molar-refractivity contribution is 7.89. The minimum absolute atomic E-state index is 0.0146. The number of hydrogen-bond acceptors (Lipinski definition) is 9. The molecule has 0 aromatic heterocycles. The first-order valence-electron chi connectivity index (χ1n) is 16.3. The van der Waals surface area contributed by atoms with Gasteiger partial charge in [-0.1, -0.05) is 44.2 Å². The normalized spacial score (nSPS) is 20.5. The average molecular weight is 691 g/mol. The molecular weight excluding hydrogens is 640 g/mol. The van der Waals surface area contributed by atoms with E-state index >= 15 is 0 Å². The molecule has 2 saturated heterocycles. The molecule has 0 saturated carbocycles. The van der Waals surface area contributed by atoms with Crippen LogP contribution in [0.25, 0.3) is 0 Å². The molecule has 2 heterocycles. The highest BCUT2D eigenvalue weighted by atomic mass is 32.2. The Labute approximate surface area is 283 Å². The lowest BCUT2D eigenvalue weighted by Crippen LogP contribution is -2.56. The molecule has 3 N–H and O–H groups in total. The van der Waals surface area contributed by atoms with E-state index in [1.807, 2.05) is 6.07 Å². The van der Waals surface area contributed by atoms with Gasteiger partial charge in [0.15, 0.2) is 6.29 Å². The first kappa shape index (κ1) is 37.4. The Morgan fingerprint density at radius 3 is 2.52 bits per heavy atom. The second kappa shape index (κ2) is 16.3. The van der Waals surface area contributed by atoms with E-state index in [4.69, 9.17) is 18.9 Å². The number of aliphatic hydroxyl groups is 1. The van der Waals surface area contributed by atoms with E-state index in [1.165, 1.54) is 25.0 Å². The number of aliphatic hydroxyl groups excluding tert-OH is 1. The lowest BCUT2D eigenvalue weighted by atomic mass is 9.81. The first-order chi connectivity index (χ1) is 22.7. The maximum atomic E-state index is 14.5. The topological polar surface area (TPSA) is 156 Å². The molecule has 2 aromatic carbocycles. The van der Waals surface area contributed by atoms with Gasteiger partial charge in [-0.2, -0.15) is 4.31 Å². The summed E-state index contributed by atoms with van der Waals surface area (Å²) in [5.74, 6) is 0.433. The van der Waals surface area contributed by atoms with Crippen molar-refractivity contribution in [2.45, 2.75) is 82.6 Å². The molecular formula is C34H50N4O9S. The minimum atomic E-state index is -4.32. The van der Waals surface area contributed by atoms with Crippen molar-refractivity contribution in [2.75, 3.05) is 41.0 Å². The minimum Gasteiger partial charge on any atom is -0.496 e. The second-order valence-electron chi connectivity index (χ2n) is 13.4. The van der Waals surface area contributed by atoms with E-state index < -0.39 is 40.8 Å². The summed E-state index contributed by atoms with van der Waals surface area (Å²) in [5.41, 5.74) is 1.09. The number of alkyl carbamates (subject to hydrolysis) is 1. The number of nitrogens with one attached hydrogen (secondary N) is 2. The van der Waals surface area contributed by atoms with Crippen LogP contribution in [-0.4, -0.2) is 100 Å². The summed E-state index contributed by atoms with van der Waals surface area (Å²) in [6, 6.07) is 13.5. The number of ether oxygens (including phenoxy) is 4. The Balaban J connectivity index is 1.58. The van der Waals surface area contributed by atoms with Gasteiger partial charge in [-0.15, -0.1) is 0 Å². The van der Waals surface area contributed by atoms with Crippen LogP contribution in [0, 0.1) is 11.3 Å². The number of hydrogen-bond donors (Lipinski definition) is 3. The van der Waals surface area contributed by atoms with Gasteiger partial charge in [0.25, 0.3) is 0 Å². The molecule has 2 fully saturated rings. The molecule has 0 spiro atoms. The van der Waals surface area contributed by atoms with Gasteiger partial charge in [-0.25, -0.2) is 18.0 Å². The number of amides is 3. The number of sulfonamides is 1. The molecule has 2 aliphatic heterocycles. The average Bonchev–Trinajstić information content (AvgIpc) is 3.66. The van der Waals surface area contributed by atoms with Crippen molar-refractivity contribution in [1.29, 1.82) is 0 Å². The Morgan fingerprint density at radius 1 is 1.12 bits per heavy atom. The number of carbonyl (C=O) groups is 2. The second-order valence-corrected chi connectivity index (χ2v) is 15.3. The van der Waals surface area contributed by atoms with Gasteiger partial charge in [-0.05, 0) is 67.3 Å². The number of carbonyl (C=O) groups excluding carboxylic acids is 2. The molecule has 2 aliphatic rings. The van der Waals surface area contributed by atoms with Crippen LogP contribution < -0.4 is 15.4 Å². The Hall–Kier alpha value is -3.43. The highest BCUT2D eigenvalue weighted by Gasteiger charge is 2.44. The van der Waals surface area contributed by atoms with Crippen molar-refractivity contribution in [1.82, 2.24) is 19.8 Å². The zero-order chi connectivity index (χ0) is 35.1. The SMILES string of the molecule is COc1ccc(S(=O)(=O)N(Cc2ccccc2)[C@H](NC(=O)O[C@@H]2CO[C@@H]3OCC[C@@H]32)[C@@H](C)O)cc1CC(C)(C)CCCNC(=O)N(C)C. The van der Waals surface area contributed by atoms with Crippen molar-refractivity contribution >= 4 is 22.1 Å². The van der Waals surface area contributed by atoms with Crippen LogP contribution in [-0.2, 0) is 37.2 Å². The lowest BCUT2D eigenvalue weighted by Gasteiger charge is -2.34. The molecule has 0 radical (unpaired) electrons. The van der Waals surface area contributed by atoms with Gasteiger partial charge in [0.2, 0.25) is 10.0 Å². The molecule has 0 unspecified atom stereocenters. The molecule has 14 heteroatoms. The van der Waals surface area contributed by atoms with E-state index in [-0.39, 0.29) is 35.4 Å². The van der Waals surface area contributed by atoms with Crippen molar-refractivity contribution in [3.8, 4) is 5.75 Å². The van der Waals surface area contributed by atoms with Crippen LogP contribution in [0.3, 0.4) is 0 Å². The molecule has 0 bridgehead atoms. The summed E-state index contributed by atoms with van der Waals surface area (Å²) in [6.07, 6.45) is -1.84. The third-order valence-corrected chi connectivity index (χ3v) is 10.5. The summed E-state index contributed by atoms with van der Waals surface area (Å²) >= 11 is 0. The fraction of sp³-hybridized carbons (Fsp3) is 0.588. The van der Waals surface area contributed by atoms with Crippen LogP contribution in [0.1, 0.15) is 51.2 Å². The summed E-state index contributed by atoms with van der Waals surface area (Å²) in [5, 5.41) is 16.4. The Kier molecular flexibility index (Phi) is 12.7. The smallest absolute Gasteiger partial charge is 0.408 e. The van der Waals surface area contributed by atoms with Crippen molar-refractivity contribution in [2.24, 2.45) is 11.3 Å². The molecule has 48 heavy (non-hydrogen) atoms. The van der Waals surface area contributed by atoms with Crippen LogP contribution in [0.2, 0.25) is 0 Å². The first-order valence-corrected chi connectivity index (χ1v) is 17.7. The fourth-order valence-corrected chi connectivity index (χ4v) is 7.73. The van der Waals surface area contributed by atoms with Gasteiger partial charge in [0, 0.05) is 27.2 Å². The van der Waals surface area contributed by atoms with E-state index in [0.29, 0.717) is 42.9 Å². The van der Waals surface area contributed by atoms with Gasteiger partial charge in [0.1, 0.15) is 18.0 Å². The number of rotatable bonds is 15. The summed E-state index contributed by atoms with van der Waals surface area (Å²) in [6.45, 7) is 6.64. The fourth-order valence-electron chi connectivity index (χ4n) is 6.08. The van der Waals surface area contributed by atoms with Crippen molar-refractivity contribution in [3.63, 3.8) is 0 Å². The molecule has 2 aromatic rings. The third kappa shape index (κ3) is 9.59. The van der Waals surface area contributed by atoms with Crippen LogP contribution in [0.5, 0.6) is 5.75 Å². The lowest BCUT2D eigenvalue weighted by molar-refractivity contribution is -0.0907. The zero-order valence-electron chi connectivity index (χ0n) is 28.7. The van der Waals surface area contributed by atoms with Crippen molar-refractivity contribution in [3.05, 3.63) is 59.7 Å². The third-order valence-electron chi connectivity index (χ3n) is 8.70. The number of urea groups is 1. The number of methoxy groups -OCH3 is 1. The van der Waals surface area contributed by atoms with E-state index in [0.717, 1.165) is 17.1 Å². The van der Waals surface area contributed by atoms with Gasteiger partial charge < -0.3 is 39.6 Å². The van der Waals surface area contributed by atoms with Crippen LogP contribution in [0.15, 0.2) is 53.4 Å². The quantitative estimate of drug-likeness (QED) is 0.187. The van der Waals surface area contributed by atoms with Gasteiger partial charge >= 0.3 is 12.1 Å². The van der Waals surface area contributed by atoms with Crippen LogP contribution in [0.4, 0.5) is 9.59 Å². The number of benzene rings is 2. The molecule has 5 atom stereocenters. The zero-order valence-corrected chi connectivity index (χ0v) is 29.5. The predicted octanol–water partition coefficient (Wildman–Crippen LogP) is 3.70. The Morgan fingerprint density at radius 2 is 1.85 bits per heavy atom. The van der Waals surface area contributed by atoms with E-state index in [2.05, 4.69) is 24.5 Å². The van der Waals surface area contributed by atoms with E-state index in [1.54, 1.807) is 50.5 Å². The summed E-state index contributed by atoms with van der Waals surface area (Å²) in [4.78, 5) is 26.5. The van der Waals surface area contributed by atoms with E-state index in [9.17, 15) is 23.1 Å². The number of fused-ring (bicyclic) bond motifs is 1. The highest BCUT2D eigenvalue weighted by Crippen LogP contribution is 2.35. The summed E-state index contributed by atoms with van der Waals surface area (Å²) in [7, 11) is 0.583. The maximum Gasteiger partial charge on any atom is 0.408 e. The standard InChI is InChI=1S/C34H50N4O9S/c1-23(39)30(36-33(41)47-29-22-46-31-27(29)15-18-45-31)38(21-24-11-8-7-9-12-24)48(42,43)26-13-14-28(44-6)25(19-26)20-34(2,3)16-10-17-35-32(40)37(4)5/h7-9,11-14,19,23,27,29-31,39H,10,15-18,20-22H2,1-6H3,(H,35,40)(H,36,41)/t23-,27-,29-,30+,31+/m1/s1.